The van der Waals surface area contributed by atoms with E-state index >= 15 is 0 Å². The first-order valence-corrected chi connectivity index (χ1v) is 15.6. The van der Waals surface area contributed by atoms with Crippen LogP contribution in [-0.2, 0) is 27.1 Å². The molecule has 1 aromatic heterocycles. The van der Waals surface area contributed by atoms with Gasteiger partial charge in [-0.15, -0.1) is 0 Å². The molecule has 2 heterocycles. The SMILES string of the molecule is CCCc1cc(C(O)(C(F)(F)F)C(F)(F)F)ccc1N(CCC)CCCNC(=O)CN1C(=O)NC(C)(c2ccc(OC(C)C)cn2)C1=O. The molecule has 10 nitrogen and oxygen atoms in total. The first-order chi connectivity index (χ1) is 22.3. The number of amides is 4. The number of alkyl halides is 6. The Bertz CT molecular complexity index is 1440. The van der Waals surface area contributed by atoms with E-state index in [9.17, 15) is 45.8 Å². The smallest absolute Gasteiger partial charge is 0.430 e. The van der Waals surface area contributed by atoms with Gasteiger partial charge in [0.2, 0.25) is 5.91 Å². The van der Waals surface area contributed by atoms with Crippen molar-refractivity contribution in [2.24, 2.45) is 0 Å². The van der Waals surface area contributed by atoms with Crippen molar-refractivity contribution >= 4 is 23.5 Å². The Balaban J connectivity index is 1.66. The number of benzene rings is 1. The molecule has 3 rings (SSSR count). The highest BCUT2D eigenvalue weighted by Gasteiger charge is 2.71. The summed E-state index contributed by atoms with van der Waals surface area (Å²) in [4.78, 5) is 45.4. The first kappa shape index (κ1) is 38.4. The third-order valence-electron chi connectivity index (χ3n) is 7.80. The molecule has 3 N–H and O–H groups in total. The normalized spacial score (nSPS) is 17.1. The van der Waals surface area contributed by atoms with Crippen LogP contribution in [0.3, 0.4) is 0 Å². The largest absolute Gasteiger partial charge is 0.489 e. The molecular formula is C32H41F6N5O5. The number of halogens is 6. The maximum Gasteiger partial charge on any atom is 0.430 e. The summed E-state index contributed by atoms with van der Waals surface area (Å²) in [7, 11) is 0. The third-order valence-corrected chi connectivity index (χ3v) is 7.80. The molecule has 0 bridgehead atoms. The van der Waals surface area contributed by atoms with Crippen molar-refractivity contribution in [3.63, 3.8) is 0 Å². The fourth-order valence-electron chi connectivity index (χ4n) is 5.43. The summed E-state index contributed by atoms with van der Waals surface area (Å²) in [6.45, 7) is 8.96. The van der Waals surface area contributed by atoms with E-state index < -0.39 is 53.4 Å². The van der Waals surface area contributed by atoms with Crippen molar-refractivity contribution in [3.05, 3.63) is 53.3 Å². The summed E-state index contributed by atoms with van der Waals surface area (Å²) in [5.41, 5.74) is -6.98. The Hall–Kier alpha value is -4.08. The van der Waals surface area contributed by atoms with Crippen LogP contribution < -0.4 is 20.3 Å². The van der Waals surface area contributed by atoms with E-state index in [4.69, 9.17) is 4.74 Å². The van der Waals surface area contributed by atoms with Crippen LogP contribution in [-0.4, -0.2) is 77.5 Å². The summed E-state index contributed by atoms with van der Waals surface area (Å²) >= 11 is 0. The maximum atomic E-state index is 13.5. The van der Waals surface area contributed by atoms with Crippen LogP contribution in [0, 0.1) is 0 Å². The van der Waals surface area contributed by atoms with Gasteiger partial charge in [0.1, 0.15) is 12.3 Å². The number of carbonyl (C=O) groups excluding carboxylic acids is 3. The second-order valence-electron chi connectivity index (χ2n) is 12.0. The lowest BCUT2D eigenvalue weighted by Gasteiger charge is -2.34. The molecule has 1 atom stereocenters. The Morgan fingerprint density at radius 1 is 1.06 bits per heavy atom. The van der Waals surface area contributed by atoms with E-state index in [0.717, 1.165) is 17.0 Å². The molecule has 0 spiro atoms. The molecular weight excluding hydrogens is 648 g/mol. The van der Waals surface area contributed by atoms with E-state index in [1.807, 2.05) is 20.8 Å². The summed E-state index contributed by atoms with van der Waals surface area (Å²) in [5, 5.41) is 15.1. The van der Waals surface area contributed by atoms with Crippen molar-refractivity contribution in [1.29, 1.82) is 0 Å². The van der Waals surface area contributed by atoms with Gasteiger partial charge in [0, 0.05) is 30.9 Å². The van der Waals surface area contributed by atoms with Crippen molar-refractivity contribution < 1.29 is 50.6 Å². The Morgan fingerprint density at radius 3 is 2.27 bits per heavy atom. The summed E-state index contributed by atoms with van der Waals surface area (Å²) in [6, 6.07) is 4.92. The van der Waals surface area contributed by atoms with Gasteiger partial charge >= 0.3 is 18.4 Å². The van der Waals surface area contributed by atoms with E-state index in [1.54, 1.807) is 24.0 Å². The van der Waals surface area contributed by atoms with E-state index in [-0.39, 0.29) is 36.9 Å². The number of aromatic nitrogens is 1. The lowest BCUT2D eigenvalue weighted by atomic mass is 9.89. The number of hydrogen-bond donors (Lipinski definition) is 3. The number of aryl methyl sites for hydroxylation is 1. The minimum atomic E-state index is -6.00. The van der Waals surface area contributed by atoms with Crippen molar-refractivity contribution in [1.82, 2.24) is 20.5 Å². The number of ether oxygens (including phenoxy) is 1. The average molecular weight is 690 g/mol. The topological polar surface area (TPSA) is 124 Å². The highest BCUT2D eigenvalue weighted by atomic mass is 19.4. The van der Waals surface area contributed by atoms with Crippen molar-refractivity contribution in [3.8, 4) is 5.75 Å². The summed E-state index contributed by atoms with van der Waals surface area (Å²) < 4.78 is 86.7. The number of urea groups is 1. The van der Waals surface area contributed by atoms with E-state index in [2.05, 4.69) is 15.6 Å². The van der Waals surface area contributed by atoms with Crippen LogP contribution in [0.25, 0.3) is 0 Å². The standard InChI is InChI=1S/C32H41F6N5O5/c1-6-9-21-17-22(30(47,31(33,34)35)32(36,37)38)10-12-24(21)42(15-7-2)16-8-14-39-26(44)19-43-27(45)29(5,41-28(43)46)25-13-11-23(18-40-25)48-20(3)4/h10-13,17-18,20,47H,6-9,14-16,19H2,1-5H3,(H,39,44)(H,41,46). The van der Waals surface area contributed by atoms with Gasteiger partial charge in [-0.2, -0.15) is 26.3 Å². The zero-order chi connectivity index (χ0) is 36.1. The highest BCUT2D eigenvalue weighted by Crippen LogP contribution is 2.50. The van der Waals surface area contributed by atoms with Gasteiger partial charge in [-0.25, -0.2) is 4.79 Å². The number of aliphatic hydroxyl groups is 1. The average Bonchev–Trinajstić information content (AvgIpc) is 3.21. The van der Waals surface area contributed by atoms with Crippen LogP contribution in [0.1, 0.15) is 70.7 Å². The summed E-state index contributed by atoms with van der Waals surface area (Å²) in [5.74, 6) is -0.804. The zero-order valence-electron chi connectivity index (χ0n) is 27.4. The van der Waals surface area contributed by atoms with Gasteiger partial charge in [-0.1, -0.05) is 32.4 Å². The fourth-order valence-corrected chi connectivity index (χ4v) is 5.43. The highest BCUT2D eigenvalue weighted by molar-refractivity contribution is 6.08. The molecule has 1 fully saturated rings. The molecule has 4 amide bonds. The van der Waals surface area contributed by atoms with Gasteiger partial charge in [0.25, 0.3) is 11.5 Å². The number of imide groups is 1. The number of hydrogen-bond acceptors (Lipinski definition) is 7. The van der Waals surface area contributed by atoms with Crippen molar-refractivity contribution in [2.45, 2.75) is 89.9 Å². The molecule has 2 aromatic rings. The second-order valence-corrected chi connectivity index (χ2v) is 12.0. The Morgan fingerprint density at radius 2 is 1.73 bits per heavy atom. The molecule has 1 aromatic carbocycles. The number of pyridine rings is 1. The van der Waals surface area contributed by atoms with Gasteiger partial charge in [0.05, 0.1) is 18.0 Å². The molecule has 1 unspecified atom stereocenters. The molecule has 266 valence electrons. The third kappa shape index (κ3) is 8.13. The monoisotopic (exact) mass is 689 g/mol. The Labute approximate surface area is 274 Å². The maximum absolute atomic E-state index is 13.5. The number of anilines is 1. The van der Waals surface area contributed by atoms with E-state index in [1.165, 1.54) is 13.1 Å². The quantitative estimate of drug-likeness (QED) is 0.131. The zero-order valence-corrected chi connectivity index (χ0v) is 27.4. The fraction of sp³-hybridized carbons (Fsp3) is 0.562. The van der Waals surface area contributed by atoms with Crippen LogP contribution >= 0.6 is 0 Å². The van der Waals surface area contributed by atoms with Gasteiger partial charge in [-0.05, 0) is 63.8 Å². The first-order valence-electron chi connectivity index (χ1n) is 15.6. The minimum Gasteiger partial charge on any atom is -0.489 e. The van der Waals surface area contributed by atoms with Crippen LogP contribution in [0.15, 0.2) is 36.5 Å². The number of carbonyl (C=O) groups is 3. The predicted octanol–water partition coefficient (Wildman–Crippen LogP) is 5.32. The minimum absolute atomic E-state index is 0.0916. The number of rotatable bonds is 15. The van der Waals surface area contributed by atoms with Crippen LogP contribution in [0.2, 0.25) is 0 Å². The number of nitrogens with one attached hydrogen (secondary N) is 2. The molecule has 0 aliphatic carbocycles. The lowest BCUT2D eigenvalue weighted by molar-refractivity contribution is -0.376. The Kier molecular flexibility index (Phi) is 12.0. The molecule has 1 aliphatic heterocycles. The summed E-state index contributed by atoms with van der Waals surface area (Å²) in [6.07, 6.45) is -9.17. The molecule has 1 aliphatic rings. The molecule has 0 radical (unpaired) electrons. The van der Waals surface area contributed by atoms with Crippen molar-refractivity contribution in [2.75, 3.05) is 31.1 Å². The molecule has 48 heavy (non-hydrogen) atoms. The molecule has 1 saturated heterocycles. The van der Waals surface area contributed by atoms with Gasteiger partial charge in [-0.3, -0.25) is 19.5 Å². The van der Waals surface area contributed by atoms with Gasteiger partial charge < -0.3 is 25.4 Å². The predicted molar refractivity (Wildman–Crippen MR) is 164 cm³/mol. The number of nitrogens with zero attached hydrogens (tertiary/aromatic N) is 3. The van der Waals surface area contributed by atoms with Crippen LogP contribution in [0.4, 0.5) is 36.8 Å². The molecule has 0 saturated carbocycles. The van der Waals surface area contributed by atoms with E-state index in [0.29, 0.717) is 43.3 Å². The lowest BCUT2D eigenvalue weighted by Crippen LogP contribution is -2.54. The molecule has 16 heteroatoms. The van der Waals surface area contributed by atoms with Gasteiger partial charge in [0.15, 0.2) is 5.54 Å². The van der Waals surface area contributed by atoms with Crippen LogP contribution in [0.5, 0.6) is 5.75 Å². The second kappa shape index (κ2) is 15.0.